The van der Waals surface area contributed by atoms with Crippen molar-refractivity contribution in [3.63, 3.8) is 0 Å². The normalized spacial score (nSPS) is 13.1. The van der Waals surface area contributed by atoms with Gasteiger partial charge in [0, 0.05) is 18.4 Å². The molecule has 0 unspecified atom stereocenters. The van der Waals surface area contributed by atoms with Crippen molar-refractivity contribution in [3.8, 4) is 0 Å². The van der Waals surface area contributed by atoms with Crippen LogP contribution in [0, 0.1) is 0 Å². The van der Waals surface area contributed by atoms with Crippen LogP contribution in [0.1, 0.15) is 47.7 Å². The van der Waals surface area contributed by atoms with Gasteiger partial charge in [-0.3, -0.25) is 14.4 Å². The number of carbonyl (C=O) groups is 3. The van der Waals surface area contributed by atoms with Crippen molar-refractivity contribution in [1.29, 1.82) is 0 Å². The van der Waals surface area contributed by atoms with Gasteiger partial charge in [-0.1, -0.05) is 6.92 Å². The topological polar surface area (TPSA) is 89.3 Å². The fourth-order valence-corrected chi connectivity index (χ4v) is 2.10. The molecule has 1 rings (SSSR count). The first-order valence-corrected chi connectivity index (χ1v) is 7.67. The number of primary amides is 1. The van der Waals surface area contributed by atoms with Crippen molar-refractivity contribution in [2.45, 2.75) is 44.6 Å². The van der Waals surface area contributed by atoms with Gasteiger partial charge in [0.2, 0.25) is 5.91 Å². The molecule has 0 heterocycles. The lowest BCUT2D eigenvalue weighted by molar-refractivity contribution is -0.143. The maximum atomic E-state index is 12.8. The molecule has 1 aromatic rings. The maximum absolute atomic E-state index is 12.8. The monoisotopic (exact) mass is 398 g/mol. The highest BCUT2D eigenvalue weighted by Gasteiger charge is 2.37. The van der Waals surface area contributed by atoms with Gasteiger partial charge in [-0.25, -0.2) is 0 Å². The summed E-state index contributed by atoms with van der Waals surface area (Å²) in [4.78, 5) is 34.7. The summed E-state index contributed by atoms with van der Waals surface area (Å²) in [5, 5.41) is 1.97. The zero-order valence-electron chi connectivity index (χ0n) is 14.0. The number of carbonyl (C=O) groups excluding carboxylic acids is 3. The summed E-state index contributed by atoms with van der Waals surface area (Å²) >= 11 is 0. The minimum atomic E-state index is -5.12. The predicted molar refractivity (Wildman–Crippen MR) is 81.4 cm³/mol. The summed E-state index contributed by atoms with van der Waals surface area (Å²) in [5.74, 6) is -2.68. The molecule has 0 saturated carbocycles. The van der Waals surface area contributed by atoms with E-state index in [-0.39, 0.29) is 43.2 Å². The Hall–Kier alpha value is -2.59. The molecule has 0 aliphatic heterocycles. The van der Waals surface area contributed by atoms with E-state index in [9.17, 15) is 40.7 Å². The Morgan fingerprint density at radius 2 is 1.48 bits per heavy atom. The van der Waals surface area contributed by atoms with Gasteiger partial charge in [0.1, 0.15) is 11.8 Å². The number of hydrogen-bond donors (Lipinski definition) is 2. The van der Waals surface area contributed by atoms with E-state index in [1.807, 2.05) is 5.32 Å². The van der Waals surface area contributed by atoms with E-state index in [1.54, 1.807) is 6.92 Å². The average molecular weight is 398 g/mol. The number of benzene rings is 1. The molecule has 0 fully saturated rings. The molecule has 0 aliphatic carbocycles. The van der Waals surface area contributed by atoms with E-state index in [1.165, 1.54) is 0 Å². The molecule has 11 heteroatoms. The van der Waals surface area contributed by atoms with Gasteiger partial charge in [-0.2, -0.15) is 26.3 Å². The van der Waals surface area contributed by atoms with Crippen LogP contribution in [-0.4, -0.2) is 23.6 Å². The Morgan fingerprint density at radius 3 is 1.85 bits per heavy atom. The van der Waals surface area contributed by atoms with Crippen LogP contribution in [0.5, 0.6) is 0 Å². The van der Waals surface area contributed by atoms with E-state index in [0.717, 1.165) is 0 Å². The Kier molecular flexibility index (Phi) is 6.99. The van der Waals surface area contributed by atoms with Crippen LogP contribution < -0.4 is 11.1 Å². The number of rotatable bonds is 7. The Labute approximate surface area is 149 Å². The number of halogens is 6. The molecule has 150 valence electrons. The number of alkyl halides is 6. The summed E-state index contributed by atoms with van der Waals surface area (Å²) in [6.45, 7) is 1.56. The van der Waals surface area contributed by atoms with Gasteiger partial charge in [0.05, 0.1) is 11.1 Å². The Bertz CT molecular complexity index is 696. The predicted octanol–water partition coefficient (Wildman–Crippen LogP) is 3.07. The van der Waals surface area contributed by atoms with Crippen molar-refractivity contribution in [1.82, 2.24) is 5.32 Å². The highest BCUT2D eigenvalue weighted by Crippen LogP contribution is 2.36. The lowest BCUT2D eigenvalue weighted by Gasteiger charge is -2.17. The van der Waals surface area contributed by atoms with Crippen LogP contribution >= 0.6 is 0 Å². The second-order valence-electron chi connectivity index (χ2n) is 5.65. The molecule has 1 atom stereocenters. The summed E-state index contributed by atoms with van der Waals surface area (Å²) in [6.07, 6.45) is -10.4. The second-order valence-corrected chi connectivity index (χ2v) is 5.65. The first-order chi connectivity index (χ1) is 12.3. The largest absolute Gasteiger partial charge is 0.416 e. The molecule has 2 amide bonds. The summed E-state index contributed by atoms with van der Waals surface area (Å²) in [7, 11) is 0. The smallest absolute Gasteiger partial charge is 0.368 e. The van der Waals surface area contributed by atoms with Crippen LogP contribution in [0.25, 0.3) is 0 Å². The average Bonchev–Trinajstić information content (AvgIpc) is 2.55. The lowest BCUT2D eigenvalue weighted by Crippen LogP contribution is -2.44. The highest BCUT2D eigenvalue weighted by molar-refractivity contribution is 5.97. The third-order valence-electron chi connectivity index (χ3n) is 3.60. The van der Waals surface area contributed by atoms with Crippen LogP contribution in [0.4, 0.5) is 26.3 Å². The lowest BCUT2D eigenvalue weighted by atomic mass is 10.0. The van der Waals surface area contributed by atoms with E-state index in [0.29, 0.717) is 0 Å². The van der Waals surface area contributed by atoms with Crippen LogP contribution in [-0.2, 0) is 21.9 Å². The second kappa shape index (κ2) is 8.40. The number of nitrogens with one attached hydrogen (secondary N) is 1. The van der Waals surface area contributed by atoms with Crippen molar-refractivity contribution in [2.75, 3.05) is 0 Å². The van der Waals surface area contributed by atoms with Gasteiger partial charge in [-0.15, -0.1) is 0 Å². The molecular formula is C16H16F6N2O3. The molecule has 0 radical (unpaired) electrons. The summed E-state index contributed by atoms with van der Waals surface area (Å²) < 4.78 is 77.0. The van der Waals surface area contributed by atoms with E-state index in [4.69, 9.17) is 5.73 Å². The molecule has 5 nitrogen and oxygen atoms in total. The fraction of sp³-hybridized carbons (Fsp3) is 0.438. The molecule has 0 spiro atoms. The fourth-order valence-electron chi connectivity index (χ4n) is 2.10. The van der Waals surface area contributed by atoms with Crippen LogP contribution in [0.2, 0.25) is 0 Å². The maximum Gasteiger partial charge on any atom is 0.416 e. The molecule has 27 heavy (non-hydrogen) atoms. The minimum Gasteiger partial charge on any atom is -0.368 e. The number of Topliss-reactive ketones (excluding diaryl/α,β-unsaturated/α-hetero) is 1. The molecule has 3 N–H and O–H groups in total. The van der Waals surface area contributed by atoms with E-state index in [2.05, 4.69) is 0 Å². The molecule has 1 aromatic carbocycles. The zero-order chi connectivity index (χ0) is 21.0. The first-order valence-electron chi connectivity index (χ1n) is 7.67. The number of ketones is 1. The van der Waals surface area contributed by atoms with Crippen molar-refractivity contribution in [2.24, 2.45) is 5.73 Å². The molecule has 0 saturated heterocycles. The van der Waals surface area contributed by atoms with Gasteiger partial charge < -0.3 is 11.1 Å². The summed E-state index contributed by atoms with van der Waals surface area (Å²) in [5.41, 5.74) is 0.790. The molecular weight excluding hydrogens is 382 g/mol. The van der Waals surface area contributed by atoms with E-state index < -0.39 is 46.9 Å². The SMILES string of the molecule is CCC(=O)CC[C@H](NC(=O)c1cc(C(F)(F)F)cc(C(F)(F)F)c1)C(N)=O. The van der Waals surface area contributed by atoms with Crippen molar-refractivity contribution >= 4 is 17.6 Å². The number of nitrogens with two attached hydrogens (primary N) is 1. The number of amides is 2. The van der Waals surface area contributed by atoms with Crippen molar-refractivity contribution < 1.29 is 40.7 Å². The van der Waals surface area contributed by atoms with Gasteiger partial charge in [0.25, 0.3) is 5.91 Å². The standard InChI is InChI=1S/C16H16F6N2O3/c1-2-11(25)3-4-12(13(23)26)24-14(27)8-5-9(15(17,18)19)7-10(6-8)16(20,21)22/h5-7,12H,2-4H2,1H3,(H2,23,26)(H,24,27)/t12-/m0/s1. The van der Waals surface area contributed by atoms with E-state index >= 15 is 0 Å². The van der Waals surface area contributed by atoms with Crippen LogP contribution in [0.3, 0.4) is 0 Å². The van der Waals surface area contributed by atoms with Crippen molar-refractivity contribution in [3.05, 3.63) is 34.9 Å². The van der Waals surface area contributed by atoms with Gasteiger partial charge in [-0.05, 0) is 24.6 Å². The van der Waals surface area contributed by atoms with Gasteiger partial charge >= 0.3 is 12.4 Å². The Morgan fingerprint density at radius 1 is 1.00 bits per heavy atom. The summed E-state index contributed by atoms with van der Waals surface area (Å²) in [6, 6.07) is -1.07. The third-order valence-corrected chi connectivity index (χ3v) is 3.60. The molecule has 0 bridgehead atoms. The van der Waals surface area contributed by atoms with Gasteiger partial charge in [0.15, 0.2) is 0 Å². The zero-order valence-corrected chi connectivity index (χ0v) is 14.0. The Balaban J connectivity index is 3.17. The molecule has 0 aromatic heterocycles. The van der Waals surface area contributed by atoms with Crippen LogP contribution in [0.15, 0.2) is 18.2 Å². The molecule has 0 aliphatic rings. The highest BCUT2D eigenvalue weighted by atomic mass is 19.4. The third kappa shape index (κ3) is 6.57. The minimum absolute atomic E-state index is 0.123. The number of hydrogen-bond acceptors (Lipinski definition) is 3. The first kappa shape index (κ1) is 22.5. The quantitative estimate of drug-likeness (QED) is 0.692.